The lowest BCUT2D eigenvalue weighted by Crippen LogP contribution is -2.23. The Labute approximate surface area is 117 Å². The molecule has 0 spiro atoms. The number of carbonyl (C=O) groups is 1. The summed E-state index contributed by atoms with van der Waals surface area (Å²) in [4.78, 5) is 22.1. The zero-order valence-corrected chi connectivity index (χ0v) is 11.9. The molecule has 0 saturated heterocycles. The van der Waals surface area contributed by atoms with Gasteiger partial charge in [0, 0.05) is 45.6 Å². The minimum atomic E-state index is 0.0922. The number of hydrogen-bond donors (Lipinski definition) is 0. The molecule has 2 aromatic heterocycles. The molecule has 102 valence electrons. The van der Waals surface area contributed by atoms with E-state index in [2.05, 4.69) is 9.97 Å². The van der Waals surface area contributed by atoms with Crippen molar-refractivity contribution in [3.63, 3.8) is 0 Å². The second kappa shape index (κ2) is 6.02. The van der Waals surface area contributed by atoms with E-state index in [9.17, 15) is 4.79 Å². The molecule has 0 aliphatic heterocycles. The third-order valence-electron chi connectivity index (χ3n) is 2.95. The molecule has 0 atom stereocenters. The molecule has 0 aromatic carbocycles. The third-order valence-corrected chi connectivity index (χ3v) is 3.14. The first-order valence-corrected chi connectivity index (χ1v) is 6.73. The Hall–Kier alpha value is -1.62. The van der Waals surface area contributed by atoms with E-state index >= 15 is 0 Å². The standard InChI is InChI=1S/C13H17ClN4O/c1-17(2)12(19)6-9-18-11(5-7-14)16-10-4-3-8-15-13(10)18/h3-4,8H,5-7,9H2,1-2H3. The summed E-state index contributed by atoms with van der Waals surface area (Å²) in [5.74, 6) is 1.48. The lowest BCUT2D eigenvalue weighted by molar-refractivity contribution is -0.128. The first kappa shape index (κ1) is 13.8. The molecule has 6 heteroatoms. The van der Waals surface area contributed by atoms with E-state index in [1.165, 1.54) is 0 Å². The summed E-state index contributed by atoms with van der Waals surface area (Å²) in [7, 11) is 3.51. The van der Waals surface area contributed by atoms with Gasteiger partial charge in [0.2, 0.25) is 5.91 Å². The van der Waals surface area contributed by atoms with Crippen LogP contribution in [0.4, 0.5) is 0 Å². The normalized spacial score (nSPS) is 10.9. The summed E-state index contributed by atoms with van der Waals surface area (Å²) in [6, 6.07) is 3.78. The van der Waals surface area contributed by atoms with Gasteiger partial charge in [0.15, 0.2) is 5.65 Å². The second-order valence-corrected chi connectivity index (χ2v) is 4.88. The summed E-state index contributed by atoms with van der Waals surface area (Å²) in [6.07, 6.45) is 2.84. The van der Waals surface area contributed by atoms with Crippen molar-refractivity contribution < 1.29 is 4.79 Å². The first-order valence-electron chi connectivity index (χ1n) is 6.19. The van der Waals surface area contributed by atoms with E-state index in [0.717, 1.165) is 17.0 Å². The highest BCUT2D eigenvalue weighted by molar-refractivity contribution is 6.17. The van der Waals surface area contributed by atoms with Gasteiger partial charge in [-0.2, -0.15) is 0 Å². The molecular weight excluding hydrogens is 264 g/mol. The van der Waals surface area contributed by atoms with Crippen LogP contribution in [-0.4, -0.2) is 45.3 Å². The van der Waals surface area contributed by atoms with Gasteiger partial charge in [-0.15, -0.1) is 11.6 Å². The summed E-state index contributed by atoms with van der Waals surface area (Å²) < 4.78 is 1.99. The Morgan fingerprint density at radius 2 is 2.26 bits per heavy atom. The molecule has 2 aromatic rings. The third kappa shape index (κ3) is 3.04. The number of aryl methyl sites for hydroxylation is 2. The molecule has 19 heavy (non-hydrogen) atoms. The van der Waals surface area contributed by atoms with Crippen LogP contribution in [0, 0.1) is 0 Å². The number of imidazole rings is 1. The molecule has 0 aliphatic carbocycles. The number of hydrogen-bond acceptors (Lipinski definition) is 3. The van der Waals surface area contributed by atoms with Gasteiger partial charge in [-0.05, 0) is 12.1 Å². The van der Waals surface area contributed by atoms with Crippen molar-refractivity contribution in [2.75, 3.05) is 20.0 Å². The summed E-state index contributed by atoms with van der Waals surface area (Å²) in [6.45, 7) is 0.580. The fraction of sp³-hybridized carbons (Fsp3) is 0.462. The van der Waals surface area contributed by atoms with Crippen molar-refractivity contribution in [2.45, 2.75) is 19.4 Å². The average molecular weight is 281 g/mol. The number of pyridine rings is 1. The number of aromatic nitrogens is 3. The van der Waals surface area contributed by atoms with Crippen LogP contribution in [0.15, 0.2) is 18.3 Å². The summed E-state index contributed by atoms with van der Waals surface area (Å²) in [5.41, 5.74) is 1.66. The van der Waals surface area contributed by atoms with Crippen molar-refractivity contribution in [2.24, 2.45) is 0 Å². The van der Waals surface area contributed by atoms with Crippen molar-refractivity contribution in [1.82, 2.24) is 19.4 Å². The molecule has 0 radical (unpaired) electrons. The van der Waals surface area contributed by atoms with Crippen LogP contribution in [0.5, 0.6) is 0 Å². The van der Waals surface area contributed by atoms with Gasteiger partial charge in [0.1, 0.15) is 11.3 Å². The van der Waals surface area contributed by atoms with Crippen LogP contribution < -0.4 is 0 Å². The molecular formula is C13H17ClN4O. The van der Waals surface area contributed by atoms with Crippen molar-refractivity contribution >= 4 is 28.7 Å². The minimum Gasteiger partial charge on any atom is -0.349 e. The Morgan fingerprint density at radius 1 is 1.47 bits per heavy atom. The number of carbonyl (C=O) groups excluding carboxylic acids is 1. The Morgan fingerprint density at radius 3 is 2.95 bits per heavy atom. The summed E-state index contributed by atoms with van der Waals surface area (Å²) in [5, 5.41) is 0. The number of alkyl halides is 1. The molecule has 5 nitrogen and oxygen atoms in total. The number of halogens is 1. The monoisotopic (exact) mass is 280 g/mol. The van der Waals surface area contributed by atoms with E-state index in [1.807, 2.05) is 16.7 Å². The van der Waals surface area contributed by atoms with E-state index < -0.39 is 0 Å². The van der Waals surface area contributed by atoms with Crippen LogP contribution in [0.2, 0.25) is 0 Å². The highest BCUT2D eigenvalue weighted by Gasteiger charge is 2.13. The largest absolute Gasteiger partial charge is 0.349 e. The smallest absolute Gasteiger partial charge is 0.223 e. The second-order valence-electron chi connectivity index (χ2n) is 4.50. The summed E-state index contributed by atoms with van der Waals surface area (Å²) >= 11 is 5.80. The molecule has 2 rings (SSSR count). The first-order chi connectivity index (χ1) is 9.13. The molecule has 0 unspecified atom stereocenters. The van der Waals surface area contributed by atoms with Crippen LogP contribution in [-0.2, 0) is 17.8 Å². The molecule has 0 aliphatic rings. The molecule has 1 amide bonds. The van der Waals surface area contributed by atoms with Crippen LogP contribution in [0.3, 0.4) is 0 Å². The predicted octanol–water partition coefficient (Wildman–Crippen LogP) is 1.69. The highest BCUT2D eigenvalue weighted by Crippen LogP contribution is 2.15. The SMILES string of the molecule is CN(C)C(=O)CCn1c(CCCl)nc2cccnc21. The van der Waals surface area contributed by atoms with Crippen LogP contribution in [0.25, 0.3) is 11.2 Å². The van der Waals surface area contributed by atoms with Gasteiger partial charge >= 0.3 is 0 Å². The maximum atomic E-state index is 11.7. The van der Waals surface area contributed by atoms with Crippen LogP contribution in [0.1, 0.15) is 12.2 Å². The predicted molar refractivity (Wildman–Crippen MR) is 75.3 cm³/mol. The topological polar surface area (TPSA) is 51.0 Å². The van der Waals surface area contributed by atoms with Gasteiger partial charge in [0.25, 0.3) is 0 Å². The zero-order chi connectivity index (χ0) is 13.8. The number of rotatable bonds is 5. The fourth-order valence-electron chi connectivity index (χ4n) is 1.95. The van der Waals surface area contributed by atoms with E-state index in [-0.39, 0.29) is 5.91 Å². The molecule has 0 fully saturated rings. The Kier molecular flexibility index (Phi) is 4.37. The highest BCUT2D eigenvalue weighted by atomic mass is 35.5. The van der Waals surface area contributed by atoms with Crippen LogP contribution >= 0.6 is 11.6 Å². The van der Waals surface area contributed by atoms with Crippen molar-refractivity contribution in [3.05, 3.63) is 24.2 Å². The quantitative estimate of drug-likeness (QED) is 0.783. The Bertz CT molecular complexity index is 579. The van der Waals surface area contributed by atoms with Crippen molar-refractivity contribution in [1.29, 1.82) is 0 Å². The van der Waals surface area contributed by atoms with E-state index in [0.29, 0.717) is 25.3 Å². The zero-order valence-electron chi connectivity index (χ0n) is 11.1. The van der Waals surface area contributed by atoms with Gasteiger partial charge in [-0.1, -0.05) is 0 Å². The molecule has 0 saturated carbocycles. The lowest BCUT2D eigenvalue weighted by Gasteiger charge is -2.12. The maximum absolute atomic E-state index is 11.7. The Balaban J connectivity index is 2.28. The van der Waals surface area contributed by atoms with Gasteiger partial charge in [-0.3, -0.25) is 4.79 Å². The average Bonchev–Trinajstić information content (AvgIpc) is 2.74. The van der Waals surface area contributed by atoms with Crippen molar-refractivity contribution in [3.8, 4) is 0 Å². The van der Waals surface area contributed by atoms with Gasteiger partial charge in [0.05, 0.1) is 0 Å². The number of amides is 1. The lowest BCUT2D eigenvalue weighted by atomic mass is 10.3. The van der Waals surface area contributed by atoms with E-state index in [1.54, 1.807) is 25.2 Å². The molecule has 0 bridgehead atoms. The number of fused-ring (bicyclic) bond motifs is 1. The van der Waals surface area contributed by atoms with Gasteiger partial charge in [-0.25, -0.2) is 9.97 Å². The minimum absolute atomic E-state index is 0.0922. The molecule has 0 N–H and O–H groups in total. The number of nitrogens with zero attached hydrogens (tertiary/aromatic N) is 4. The maximum Gasteiger partial charge on any atom is 0.223 e. The van der Waals surface area contributed by atoms with Gasteiger partial charge < -0.3 is 9.47 Å². The fourth-order valence-corrected chi connectivity index (χ4v) is 2.12. The molecule has 2 heterocycles. The van der Waals surface area contributed by atoms with E-state index in [4.69, 9.17) is 11.6 Å².